The maximum Gasteiger partial charge on any atom is 0.0662 e. The third kappa shape index (κ3) is 6.61. The lowest BCUT2D eigenvalue weighted by Gasteiger charge is -2.28. The standard InChI is InChI=1S/C21H36N2/c1-3-5-7-9-11-20-16-17-21(23-22-20)19-14-12-18(13-15-19)10-8-6-4-2/h16-19H,3-15H2,1-2H3/t18-,19-. The van der Waals surface area contributed by atoms with Crippen molar-refractivity contribution < 1.29 is 0 Å². The van der Waals surface area contributed by atoms with Crippen LogP contribution in [0.3, 0.4) is 0 Å². The molecule has 130 valence electrons. The summed E-state index contributed by atoms with van der Waals surface area (Å²) in [4.78, 5) is 0. The van der Waals surface area contributed by atoms with Crippen LogP contribution in [0.15, 0.2) is 12.1 Å². The first kappa shape index (κ1) is 18.4. The molecule has 2 rings (SSSR count). The van der Waals surface area contributed by atoms with Crippen molar-refractivity contribution in [1.29, 1.82) is 0 Å². The van der Waals surface area contributed by atoms with E-state index in [0.717, 1.165) is 12.3 Å². The fourth-order valence-corrected chi connectivity index (χ4v) is 3.88. The first-order valence-electron chi connectivity index (χ1n) is 10.2. The van der Waals surface area contributed by atoms with Gasteiger partial charge in [-0.1, -0.05) is 58.8 Å². The van der Waals surface area contributed by atoms with Crippen molar-refractivity contribution in [2.24, 2.45) is 5.92 Å². The van der Waals surface area contributed by atoms with E-state index in [1.54, 1.807) is 0 Å². The van der Waals surface area contributed by atoms with Crippen LogP contribution in [0.1, 0.15) is 108 Å². The molecule has 0 bridgehead atoms. The molecule has 1 aromatic rings. The third-order valence-electron chi connectivity index (χ3n) is 5.51. The van der Waals surface area contributed by atoms with Crippen LogP contribution in [0, 0.1) is 5.92 Å². The van der Waals surface area contributed by atoms with Gasteiger partial charge in [-0.25, -0.2) is 0 Å². The maximum atomic E-state index is 4.55. The fraction of sp³-hybridized carbons (Fsp3) is 0.810. The number of unbranched alkanes of at least 4 members (excludes halogenated alkanes) is 5. The molecular formula is C21H36N2. The van der Waals surface area contributed by atoms with Gasteiger partial charge in [-0.05, 0) is 56.6 Å². The third-order valence-corrected chi connectivity index (χ3v) is 5.51. The predicted molar refractivity (Wildman–Crippen MR) is 98.7 cm³/mol. The summed E-state index contributed by atoms with van der Waals surface area (Å²) < 4.78 is 0. The summed E-state index contributed by atoms with van der Waals surface area (Å²) in [5.41, 5.74) is 2.42. The highest BCUT2D eigenvalue weighted by Gasteiger charge is 2.23. The van der Waals surface area contributed by atoms with Gasteiger partial charge in [0, 0.05) is 5.92 Å². The van der Waals surface area contributed by atoms with Crippen molar-refractivity contribution in [3.05, 3.63) is 23.5 Å². The lowest BCUT2D eigenvalue weighted by molar-refractivity contribution is 0.299. The quantitative estimate of drug-likeness (QED) is 0.463. The Morgan fingerprint density at radius 3 is 2.22 bits per heavy atom. The van der Waals surface area contributed by atoms with Crippen LogP contribution < -0.4 is 0 Å². The number of hydrogen-bond acceptors (Lipinski definition) is 2. The Morgan fingerprint density at radius 1 is 0.826 bits per heavy atom. The molecule has 0 amide bonds. The monoisotopic (exact) mass is 316 g/mol. The van der Waals surface area contributed by atoms with Crippen molar-refractivity contribution in [2.45, 2.75) is 103 Å². The number of aryl methyl sites for hydroxylation is 1. The van der Waals surface area contributed by atoms with Crippen LogP contribution in [0.5, 0.6) is 0 Å². The lowest BCUT2D eigenvalue weighted by Crippen LogP contribution is -2.15. The van der Waals surface area contributed by atoms with E-state index >= 15 is 0 Å². The minimum Gasteiger partial charge on any atom is -0.155 e. The Balaban J connectivity index is 1.71. The van der Waals surface area contributed by atoms with Crippen LogP contribution in [0.4, 0.5) is 0 Å². The molecule has 1 saturated carbocycles. The highest BCUT2D eigenvalue weighted by molar-refractivity contribution is 5.12. The van der Waals surface area contributed by atoms with Crippen LogP contribution in [-0.4, -0.2) is 10.2 Å². The van der Waals surface area contributed by atoms with Gasteiger partial charge in [-0.15, -0.1) is 0 Å². The van der Waals surface area contributed by atoms with Gasteiger partial charge in [0.15, 0.2) is 0 Å². The summed E-state index contributed by atoms with van der Waals surface area (Å²) in [6.45, 7) is 4.55. The number of rotatable bonds is 10. The van der Waals surface area contributed by atoms with E-state index < -0.39 is 0 Å². The topological polar surface area (TPSA) is 25.8 Å². The van der Waals surface area contributed by atoms with Gasteiger partial charge in [0.05, 0.1) is 11.4 Å². The van der Waals surface area contributed by atoms with E-state index in [2.05, 4.69) is 36.2 Å². The van der Waals surface area contributed by atoms with Gasteiger partial charge in [-0.3, -0.25) is 0 Å². The predicted octanol–water partition coefficient (Wildman–Crippen LogP) is 6.45. The molecule has 23 heavy (non-hydrogen) atoms. The Kier molecular flexibility index (Phi) is 8.63. The molecule has 0 atom stereocenters. The van der Waals surface area contributed by atoms with Crippen molar-refractivity contribution >= 4 is 0 Å². The number of nitrogens with zero attached hydrogens (tertiary/aromatic N) is 2. The first-order chi connectivity index (χ1) is 11.3. The molecule has 1 aliphatic rings. The average molecular weight is 317 g/mol. The molecule has 0 saturated heterocycles. The zero-order valence-electron chi connectivity index (χ0n) is 15.4. The molecule has 1 aromatic heterocycles. The molecule has 0 spiro atoms. The smallest absolute Gasteiger partial charge is 0.0662 e. The molecule has 0 N–H and O–H groups in total. The van der Waals surface area contributed by atoms with E-state index in [0.29, 0.717) is 5.92 Å². The van der Waals surface area contributed by atoms with E-state index in [9.17, 15) is 0 Å². The van der Waals surface area contributed by atoms with Gasteiger partial charge in [-0.2, -0.15) is 10.2 Å². The summed E-state index contributed by atoms with van der Waals surface area (Å²) in [6, 6.07) is 4.48. The highest BCUT2D eigenvalue weighted by atomic mass is 15.1. The Hall–Kier alpha value is -0.920. The molecule has 1 heterocycles. The van der Waals surface area contributed by atoms with Crippen LogP contribution in [0.25, 0.3) is 0 Å². The zero-order valence-corrected chi connectivity index (χ0v) is 15.4. The lowest BCUT2D eigenvalue weighted by atomic mass is 9.78. The SMILES string of the molecule is CCCCCCc1ccc([C@H]2CC[C@H](CCCCC)CC2)nn1. The normalized spacial score (nSPS) is 21.5. The second kappa shape index (κ2) is 10.8. The molecule has 0 unspecified atom stereocenters. The van der Waals surface area contributed by atoms with Crippen molar-refractivity contribution in [1.82, 2.24) is 10.2 Å². The molecule has 1 fully saturated rings. The van der Waals surface area contributed by atoms with E-state index in [1.807, 2.05) is 0 Å². The summed E-state index contributed by atoms with van der Waals surface area (Å²) in [5.74, 6) is 1.64. The fourth-order valence-electron chi connectivity index (χ4n) is 3.88. The highest BCUT2D eigenvalue weighted by Crippen LogP contribution is 2.36. The van der Waals surface area contributed by atoms with E-state index in [1.165, 1.54) is 88.4 Å². The van der Waals surface area contributed by atoms with Crippen molar-refractivity contribution in [3.63, 3.8) is 0 Å². The van der Waals surface area contributed by atoms with Gasteiger partial charge < -0.3 is 0 Å². The van der Waals surface area contributed by atoms with E-state index in [-0.39, 0.29) is 0 Å². The van der Waals surface area contributed by atoms with Gasteiger partial charge in [0.25, 0.3) is 0 Å². The van der Waals surface area contributed by atoms with Crippen LogP contribution in [-0.2, 0) is 6.42 Å². The van der Waals surface area contributed by atoms with Crippen molar-refractivity contribution in [3.8, 4) is 0 Å². The Morgan fingerprint density at radius 2 is 1.57 bits per heavy atom. The second-order valence-electron chi connectivity index (χ2n) is 7.47. The maximum absolute atomic E-state index is 4.55. The van der Waals surface area contributed by atoms with Gasteiger partial charge in [0.1, 0.15) is 0 Å². The largest absolute Gasteiger partial charge is 0.155 e. The molecule has 1 aliphatic carbocycles. The van der Waals surface area contributed by atoms with E-state index in [4.69, 9.17) is 0 Å². The summed E-state index contributed by atoms with van der Waals surface area (Å²) in [6.07, 6.45) is 17.4. The molecule has 2 nitrogen and oxygen atoms in total. The van der Waals surface area contributed by atoms with Crippen molar-refractivity contribution in [2.75, 3.05) is 0 Å². The number of aromatic nitrogens is 2. The van der Waals surface area contributed by atoms with Crippen LogP contribution in [0.2, 0.25) is 0 Å². The Labute approximate surface area is 143 Å². The zero-order chi connectivity index (χ0) is 16.3. The van der Waals surface area contributed by atoms with Gasteiger partial charge >= 0.3 is 0 Å². The molecule has 2 heteroatoms. The molecule has 0 aromatic carbocycles. The minimum atomic E-state index is 0.666. The summed E-state index contributed by atoms with van der Waals surface area (Å²) in [7, 11) is 0. The minimum absolute atomic E-state index is 0.666. The van der Waals surface area contributed by atoms with Crippen LogP contribution >= 0.6 is 0 Å². The summed E-state index contributed by atoms with van der Waals surface area (Å²) in [5, 5.41) is 9.03. The Bertz CT molecular complexity index is 404. The molecular weight excluding hydrogens is 280 g/mol. The van der Waals surface area contributed by atoms with Gasteiger partial charge in [0.2, 0.25) is 0 Å². The molecule has 0 aliphatic heterocycles. The first-order valence-corrected chi connectivity index (χ1v) is 10.2. The molecule has 0 radical (unpaired) electrons. The number of hydrogen-bond donors (Lipinski definition) is 0. The summed E-state index contributed by atoms with van der Waals surface area (Å²) >= 11 is 0. The second-order valence-corrected chi connectivity index (χ2v) is 7.47. The average Bonchev–Trinajstić information content (AvgIpc) is 2.60.